The Bertz CT molecular complexity index is 547. The molecule has 0 spiro atoms. The molecule has 0 aromatic carbocycles. The lowest BCUT2D eigenvalue weighted by Gasteiger charge is -1.94. The van der Waals surface area contributed by atoms with Gasteiger partial charge in [0.1, 0.15) is 0 Å². The fraction of sp³-hybridized carbons (Fsp3) is 0.300. The van der Waals surface area contributed by atoms with Gasteiger partial charge in [-0.1, -0.05) is 0 Å². The average molecular weight is 256 g/mol. The molecule has 2 heterocycles. The maximum Gasteiger partial charge on any atom is 0.378 e. The van der Waals surface area contributed by atoms with Crippen molar-refractivity contribution in [3.8, 4) is 11.6 Å². The van der Waals surface area contributed by atoms with Crippen LogP contribution in [0.4, 0.5) is 0 Å². The Morgan fingerprint density at radius 3 is 2.94 bits per heavy atom. The highest BCUT2D eigenvalue weighted by molar-refractivity contribution is 6.28. The molecule has 2 aromatic heterocycles. The summed E-state index contributed by atoms with van der Waals surface area (Å²) in [6.07, 6.45) is 0. The highest BCUT2D eigenvalue weighted by atomic mass is 35.5. The molecule has 2 rings (SSSR count). The summed E-state index contributed by atoms with van der Waals surface area (Å²) in [5.41, 5.74) is 0. The van der Waals surface area contributed by atoms with Gasteiger partial charge in [0, 0.05) is 7.05 Å². The van der Waals surface area contributed by atoms with Gasteiger partial charge in [-0.15, -0.1) is 5.10 Å². The number of carbonyl (C=O) groups is 1. The molecular weight excluding hydrogens is 246 g/mol. The molecule has 0 atom stereocenters. The van der Waals surface area contributed by atoms with Crippen LogP contribution in [0.1, 0.15) is 17.5 Å². The molecule has 17 heavy (non-hydrogen) atoms. The molecule has 0 N–H and O–H groups in total. The third-order valence-corrected chi connectivity index (χ3v) is 2.22. The summed E-state index contributed by atoms with van der Waals surface area (Å²) in [6.45, 7) is 1.99. The highest BCUT2D eigenvalue weighted by Gasteiger charge is 2.18. The van der Waals surface area contributed by atoms with Gasteiger partial charge in [0.05, 0.1) is 6.61 Å². The zero-order chi connectivity index (χ0) is 12.4. The summed E-state index contributed by atoms with van der Waals surface area (Å²) >= 11 is 5.67. The number of hydrogen-bond donors (Lipinski definition) is 0. The van der Waals surface area contributed by atoms with Crippen molar-refractivity contribution in [2.24, 2.45) is 7.05 Å². The van der Waals surface area contributed by atoms with Crippen LogP contribution >= 0.6 is 11.6 Å². The van der Waals surface area contributed by atoms with Crippen LogP contribution in [0, 0.1) is 0 Å². The number of nitrogens with zero attached hydrogens (tertiary/aromatic N) is 3. The summed E-state index contributed by atoms with van der Waals surface area (Å²) in [6, 6.07) is 3.25. The maximum absolute atomic E-state index is 11.4. The van der Waals surface area contributed by atoms with Gasteiger partial charge >= 0.3 is 5.97 Å². The topological polar surface area (TPSA) is 70.2 Å². The van der Waals surface area contributed by atoms with Crippen LogP contribution in [-0.4, -0.2) is 27.3 Å². The van der Waals surface area contributed by atoms with E-state index in [1.807, 2.05) is 0 Å². The van der Waals surface area contributed by atoms with Gasteiger partial charge in [-0.25, -0.2) is 9.48 Å². The minimum atomic E-state index is -0.563. The molecule has 0 saturated heterocycles. The third kappa shape index (κ3) is 2.31. The molecule has 0 aliphatic heterocycles. The normalized spacial score (nSPS) is 10.5. The van der Waals surface area contributed by atoms with Crippen LogP contribution < -0.4 is 0 Å². The Hall–Kier alpha value is -1.82. The van der Waals surface area contributed by atoms with Crippen LogP contribution in [0.15, 0.2) is 16.5 Å². The monoisotopic (exact) mass is 255 g/mol. The largest absolute Gasteiger partial charge is 0.460 e. The number of esters is 1. The van der Waals surface area contributed by atoms with Crippen molar-refractivity contribution in [3.05, 3.63) is 23.2 Å². The van der Waals surface area contributed by atoms with Gasteiger partial charge < -0.3 is 9.15 Å². The second kappa shape index (κ2) is 4.58. The first-order chi connectivity index (χ1) is 8.11. The Kier molecular flexibility index (Phi) is 3.14. The van der Waals surface area contributed by atoms with Gasteiger partial charge in [-0.2, -0.15) is 4.98 Å². The Labute approximate surface area is 102 Å². The molecule has 90 valence electrons. The van der Waals surface area contributed by atoms with E-state index < -0.39 is 5.97 Å². The van der Waals surface area contributed by atoms with E-state index >= 15 is 0 Å². The van der Waals surface area contributed by atoms with E-state index in [4.69, 9.17) is 20.8 Å². The molecule has 2 aromatic rings. The summed E-state index contributed by atoms with van der Waals surface area (Å²) in [4.78, 5) is 15.5. The van der Waals surface area contributed by atoms with Gasteiger partial charge in [0.2, 0.25) is 0 Å². The first kappa shape index (κ1) is 11.7. The Morgan fingerprint density at radius 1 is 1.59 bits per heavy atom. The molecule has 0 amide bonds. The standard InChI is InChI=1S/C10H10ClN3O3/c1-3-16-10(15)8-12-9(14(2)13-8)6-4-5-7(11)17-6/h4-5H,3H2,1-2H3. The SMILES string of the molecule is CCOC(=O)c1nc(-c2ccc(Cl)o2)n(C)n1. The van der Waals surface area contributed by atoms with Gasteiger partial charge in [-0.3, -0.25) is 0 Å². The van der Waals surface area contributed by atoms with Crippen LogP contribution in [0.3, 0.4) is 0 Å². The van der Waals surface area contributed by atoms with E-state index in [0.717, 1.165) is 0 Å². The van der Waals surface area contributed by atoms with Crippen LogP contribution in [-0.2, 0) is 11.8 Å². The van der Waals surface area contributed by atoms with E-state index in [2.05, 4.69) is 10.1 Å². The third-order valence-electron chi connectivity index (χ3n) is 2.01. The van der Waals surface area contributed by atoms with Crippen molar-refractivity contribution < 1.29 is 13.9 Å². The van der Waals surface area contributed by atoms with Crippen molar-refractivity contribution in [3.63, 3.8) is 0 Å². The minimum absolute atomic E-state index is 0.00290. The number of rotatable bonds is 3. The van der Waals surface area contributed by atoms with E-state index in [9.17, 15) is 4.79 Å². The van der Waals surface area contributed by atoms with E-state index in [1.165, 1.54) is 4.68 Å². The second-order valence-electron chi connectivity index (χ2n) is 3.21. The number of carbonyl (C=O) groups excluding carboxylic acids is 1. The first-order valence-electron chi connectivity index (χ1n) is 4.95. The summed E-state index contributed by atoms with van der Waals surface area (Å²) in [5, 5.41) is 4.19. The zero-order valence-electron chi connectivity index (χ0n) is 9.31. The summed E-state index contributed by atoms with van der Waals surface area (Å²) in [5.74, 6) is 0.296. The Balaban J connectivity index is 2.34. The fourth-order valence-electron chi connectivity index (χ4n) is 1.32. The molecule has 0 saturated carbocycles. The lowest BCUT2D eigenvalue weighted by Crippen LogP contribution is -2.07. The molecule has 0 radical (unpaired) electrons. The number of ether oxygens (including phenoxy) is 1. The van der Waals surface area contributed by atoms with Crippen molar-refractivity contribution in [2.45, 2.75) is 6.92 Å². The number of aryl methyl sites for hydroxylation is 1. The molecule has 0 bridgehead atoms. The molecule has 7 heteroatoms. The number of furan rings is 1. The van der Waals surface area contributed by atoms with E-state index in [0.29, 0.717) is 11.6 Å². The number of hydrogen-bond acceptors (Lipinski definition) is 5. The molecule has 6 nitrogen and oxygen atoms in total. The zero-order valence-corrected chi connectivity index (χ0v) is 10.1. The van der Waals surface area contributed by atoms with Crippen molar-refractivity contribution >= 4 is 17.6 Å². The minimum Gasteiger partial charge on any atom is -0.460 e. The van der Waals surface area contributed by atoms with Crippen LogP contribution in [0.2, 0.25) is 5.22 Å². The maximum atomic E-state index is 11.4. The molecule has 0 fully saturated rings. The first-order valence-corrected chi connectivity index (χ1v) is 5.33. The predicted molar refractivity (Wildman–Crippen MR) is 59.7 cm³/mol. The van der Waals surface area contributed by atoms with Crippen molar-refractivity contribution in [1.82, 2.24) is 14.8 Å². The van der Waals surface area contributed by atoms with Gasteiger partial charge in [-0.05, 0) is 30.7 Å². The molecule has 0 aliphatic rings. The van der Waals surface area contributed by atoms with Crippen molar-refractivity contribution in [2.75, 3.05) is 6.61 Å². The number of aromatic nitrogens is 3. The highest BCUT2D eigenvalue weighted by Crippen LogP contribution is 2.22. The summed E-state index contributed by atoms with van der Waals surface area (Å²) < 4.78 is 11.4. The predicted octanol–water partition coefficient (Wildman–Crippen LogP) is 1.91. The average Bonchev–Trinajstić information content (AvgIpc) is 2.85. The molecule has 0 unspecified atom stereocenters. The van der Waals surface area contributed by atoms with Crippen molar-refractivity contribution in [1.29, 1.82) is 0 Å². The smallest absolute Gasteiger partial charge is 0.378 e. The van der Waals surface area contributed by atoms with E-state index in [-0.39, 0.29) is 17.7 Å². The quantitative estimate of drug-likeness (QED) is 0.784. The van der Waals surface area contributed by atoms with Crippen LogP contribution in [0.5, 0.6) is 0 Å². The second-order valence-corrected chi connectivity index (χ2v) is 3.58. The number of halogens is 1. The lowest BCUT2D eigenvalue weighted by molar-refractivity contribution is 0.0512. The van der Waals surface area contributed by atoms with Gasteiger partial charge in [0.25, 0.3) is 5.82 Å². The molecule has 0 aliphatic carbocycles. The molecular formula is C10H10ClN3O3. The van der Waals surface area contributed by atoms with Gasteiger partial charge in [0.15, 0.2) is 16.8 Å². The fourth-order valence-corrected chi connectivity index (χ4v) is 1.46. The Morgan fingerprint density at radius 2 is 2.35 bits per heavy atom. The van der Waals surface area contributed by atoms with Crippen LogP contribution in [0.25, 0.3) is 11.6 Å². The van der Waals surface area contributed by atoms with E-state index in [1.54, 1.807) is 26.1 Å². The lowest BCUT2D eigenvalue weighted by atomic mass is 10.4. The summed E-state index contributed by atoms with van der Waals surface area (Å²) in [7, 11) is 1.65.